The number of benzene rings is 3. The molecule has 1 heterocycles. The molecule has 0 aliphatic rings. The van der Waals surface area contributed by atoms with E-state index in [-0.39, 0.29) is 34.7 Å². The Kier molecular flexibility index (Phi) is 6.93. The minimum Gasteiger partial charge on any atom is -0.334 e. The van der Waals surface area contributed by atoms with Gasteiger partial charge in [0.2, 0.25) is 11.7 Å². The van der Waals surface area contributed by atoms with Crippen LogP contribution in [0, 0.1) is 0 Å². The van der Waals surface area contributed by atoms with Gasteiger partial charge in [0.05, 0.1) is 22.6 Å². The molecular formula is C25H20F3N3O4S. The maximum Gasteiger partial charge on any atom is 0.416 e. The summed E-state index contributed by atoms with van der Waals surface area (Å²) in [6.45, 7) is 1.57. The number of carbonyl (C=O) groups is 1. The second-order valence-corrected chi connectivity index (χ2v) is 10.1. The average molecular weight is 516 g/mol. The zero-order valence-electron chi connectivity index (χ0n) is 18.9. The number of alkyl halides is 3. The molecule has 4 rings (SSSR count). The molecule has 0 aliphatic heterocycles. The van der Waals surface area contributed by atoms with E-state index in [1.807, 2.05) is 0 Å². The van der Waals surface area contributed by atoms with E-state index in [9.17, 15) is 26.4 Å². The summed E-state index contributed by atoms with van der Waals surface area (Å²) in [4.78, 5) is 16.8. The third kappa shape index (κ3) is 5.80. The molecule has 0 saturated carbocycles. The third-order valence-electron chi connectivity index (χ3n) is 5.34. The monoisotopic (exact) mass is 515 g/mol. The highest BCUT2D eigenvalue weighted by molar-refractivity contribution is 7.91. The van der Waals surface area contributed by atoms with Crippen molar-refractivity contribution < 1.29 is 30.9 Å². The van der Waals surface area contributed by atoms with Crippen LogP contribution >= 0.6 is 0 Å². The zero-order valence-corrected chi connectivity index (χ0v) is 19.7. The molecule has 11 heteroatoms. The van der Waals surface area contributed by atoms with Crippen molar-refractivity contribution in [1.82, 2.24) is 10.1 Å². The van der Waals surface area contributed by atoms with Gasteiger partial charge in [-0.2, -0.15) is 18.2 Å². The van der Waals surface area contributed by atoms with Crippen molar-refractivity contribution >= 4 is 21.4 Å². The van der Waals surface area contributed by atoms with Crippen LogP contribution < -0.4 is 5.32 Å². The maximum absolute atomic E-state index is 12.7. The molecule has 0 atom stereocenters. The van der Waals surface area contributed by atoms with Crippen molar-refractivity contribution in [3.8, 4) is 22.8 Å². The largest absolute Gasteiger partial charge is 0.416 e. The van der Waals surface area contributed by atoms with Gasteiger partial charge in [-0.05, 0) is 66.2 Å². The summed E-state index contributed by atoms with van der Waals surface area (Å²) in [5, 5.41) is 6.63. The van der Waals surface area contributed by atoms with Crippen molar-refractivity contribution in [2.75, 3.05) is 11.1 Å². The second-order valence-electron chi connectivity index (χ2n) is 7.85. The molecule has 0 aliphatic carbocycles. The minimum absolute atomic E-state index is 0.00303. The molecule has 1 aromatic heterocycles. The Morgan fingerprint density at radius 3 is 2.11 bits per heavy atom. The predicted octanol–water partition coefficient (Wildman–Crippen LogP) is 5.40. The summed E-state index contributed by atoms with van der Waals surface area (Å²) in [6.07, 6.45) is -4.37. The number of nitrogens with one attached hydrogen (secondary N) is 1. The van der Waals surface area contributed by atoms with E-state index in [0.717, 1.165) is 12.1 Å². The highest BCUT2D eigenvalue weighted by atomic mass is 32.2. The van der Waals surface area contributed by atoms with Gasteiger partial charge in [0, 0.05) is 16.8 Å². The quantitative estimate of drug-likeness (QED) is 0.354. The molecule has 7 nitrogen and oxygen atoms in total. The lowest BCUT2D eigenvalue weighted by atomic mass is 10.1. The normalized spacial score (nSPS) is 11.9. The smallest absolute Gasteiger partial charge is 0.334 e. The number of carbonyl (C=O) groups excluding carboxylic acids is 1. The predicted molar refractivity (Wildman–Crippen MR) is 127 cm³/mol. The van der Waals surface area contributed by atoms with Crippen molar-refractivity contribution in [3.05, 3.63) is 83.9 Å². The molecule has 4 aromatic rings. The van der Waals surface area contributed by atoms with Crippen LogP contribution in [0.25, 0.3) is 22.8 Å². The van der Waals surface area contributed by atoms with Crippen molar-refractivity contribution in [2.45, 2.75) is 24.4 Å². The molecule has 3 aromatic carbocycles. The Balaban J connectivity index is 1.38. The number of aromatic nitrogens is 2. The van der Waals surface area contributed by atoms with Crippen LogP contribution in [0.3, 0.4) is 0 Å². The van der Waals surface area contributed by atoms with Gasteiger partial charge in [-0.15, -0.1) is 0 Å². The molecule has 0 spiro atoms. The highest BCUT2D eigenvalue weighted by Crippen LogP contribution is 2.31. The lowest BCUT2D eigenvalue weighted by Gasteiger charge is -2.07. The van der Waals surface area contributed by atoms with E-state index in [0.29, 0.717) is 22.4 Å². The van der Waals surface area contributed by atoms with Gasteiger partial charge in [-0.25, -0.2) is 8.42 Å². The number of anilines is 1. The third-order valence-corrected chi connectivity index (χ3v) is 7.09. The van der Waals surface area contributed by atoms with Crippen molar-refractivity contribution in [2.24, 2.45) is 0 Å². The maximum atomic E-state index is 12.7. The molecule has 0 radical (unpaired) electrons. The molecule has 36 heavy (non-hydrogen) atoms. The van der Waals surface area contributed by atoms with E-state index in [4.69, 9.17) is 4.52 Å². The number of sulfone groups is 1. The van der Waals surface area contributed by atoms with Gasteiger partial charge in [-0.3, -0.25) is 4.79 Å². The van der Waals surface area contributed by atoms with E-state index in [1.54, 1.807) is 43.3 Å². The van der Waals surface area contributed by atoms with E-state index >= 15 is 0 Å². The van der Waals surface area contributed by atoms with Gasteiger partial charge in [0.25, 0.3) is 5.89 Å². The van der Waals surface area contributed by atoms with Gasteiger partial charge in [0.1, 0.15) is 0 Å². The first-order valence-corrected chi connectivity index (χ1v) is 12.4. The van der Waals surface area contributed by atoms with Gasteiger partial charge in [-0.1, -0.05) is 24.2 Å². The summed E-state index contributed by atoms with van der Waals surface area (Å²) in [5.74, 6) is 0.0417. The number of nitrogens with zero attached hydrogens (tertiary/aromatic N) is 2. The molecule has 186 valence electrons. The summed E-state index contributed by atoms with van der Waals surface area (Å²) in [6, 6.07) is 17.2. The Morgan fingerprint density at radius 2 is 1.53 bits per heavy atom. The summed E-state index contributed by atoms with van der Waals surface area (Å²) >= 11 is 0. The molecule has 0 unspecified atom stereocenters. The first kappa shape index (κ1) is 25.1. The standard InChI is InChI=1S/C25H20F3N3O4S/c1-2-36(33,34)21-13-3-16(4-14-21)15-22(32)29-20-11-7-17(8-12-20)23-30-24(35-31-23)18-5-9-19(10-6-18)25(26,27)28/h3-14H,2,15H2,1H3,(H,29,32). The second kappa shape index (κ2) is 9.94. The fraction of sp³-hybridized carbons (Fsp3) is 0.160. The fourth-order valence-electron chi connectivity index (χ4n) is 3.33. The van der Waals surface area contributed by atoms with E-state index in [1.165, 1.54) is 24.3 Å². The van der Waals surface area contributed by atoms with E-state index < -0.39 is 21.6 Å². The Morgan fingerprint density at radius 1 is 0.917 bits per heavy atom. The number of hydrogen-bond acceptors (Lipinski definition) is 6. The number of hydrogen-bond donors (Lipinski definition) is 1. The van der Waals surface area contributed by atoms with Gasteiger partial charge >= 0.3 is 6.18 Å². The molecule has 0 bridgehead atoms. The minimum atomic E-state index is -4.43. The molecular weight excluding hydrogens is 495 g/mol. The molecule has 1 amide bonds. The zero-order chi connectivity index (χ0) is 25.9. The average Bonchev–Trinajstić information content (AvgIpc) is 3.35. The Labute approximate surface area is 204 Å². The topological polar surface area (TPSA) is 102 Å². The lowest BCUT2D eigenvalue weighted by molar-refractivity contribution is -0.137. The Hall–Kier alpha value is -3.99. The first-order valence-electron chi connectivity index (χ1n) is 10.8. The Bertz CT molecular complexity index is 1460. The summed E-state index contributed by atoms with van der Waals surface area (Å²) in [7, 11) is -3.30. The van der Waals surface area contributed by atoms with Crippen LogP contribution in [0.5, 0.6) is 0 Å². The van der Waals surface area contributed by atoms with Crippen LogP contribution in [-0.4, -0.2) is 30.2 Å². The van der Waals surface area contributed by atoms with E-state index in [2.05, 4.69) is 15.5 Å². The lowest BCUT2D eigenvalue weighted by Crippen LogP contribution is -2.14. The van der Waals surface area contributed by atoms with Crippen LogP contribution in [-0.2, 0) is 27.2 Å². The number of halogens is 3. The SMILES string of the molecule is CCS(=O)(=O)c1ccc(CC(=O)Nc2ccc(-c3noc(-c4ccc(C(F)(F)F)cc4)n3)cc2)cc1. The van der Waals surface area contributed by atoms with Crippen LogP contribution in [0.4, 0.5) is 18.9 Å². The molecule has 1 N–H and O–H groups in total. The van der Waals surface area contributed by atoms with Crippen molar-refractivity contribution in [3.63, 3.8) is 0 Å². The van der Waals surface area contributed by atoms with Crippen LogP contribution in [0.1, 0.15) is 18.1 Å². The van der Waals surface area contributed by atoms with Gasteiger partial charge in [0.15, 0.2) is 9.84 Å². The fourth-order valence-corrected chi connectivity index (χ4v) is 4.22. The van der Waals surface area contributed by atoms with Crippen LogP contribution in [0.15, 0.2) is 82.2 Å². The first-order chi connectivity index (χ1) is 17.0. The van der Waals surface area contributed by atoms with Crippen LogP contribution in [0.2, 0.25) is 0 Å². The summed E-state index contributed by atoms with van der Waals surface area (Å²) < 4.78 is 67.2. The number of rotatable bonds is 7. The summed E-state index contributed by atoms with van der Waals surface area (Å²) in [5.41, 5.74) is 1.36. The molecule has 0 saturated heterocycles. The highest BCUT2D eigenvalue weighted by Gasteiger charge is 2.30. The number of amides is 1. The van der Waals surface area contributed by atoms with Crippen molar-refractivity contribution in [1.29, 1.82) is 0 Å². The molecule has 0 fully saturated rings. The van der Waals surface area contributed by atoms with Gasteiger partial charge < -0.3 is 9.84 Å².